The number of hydrogen-bond donors (Lipinski definition) is 2. The van der Waals surface area contributed by atoms with Crippen molar-refractivity contribution < 1.29 is 0 Å². The monoisotopic (exact) mass is 468 g/mol. The number of aromatic nitrogens is 5. The van der Waals surface area contributed by atoms with Crippen LogP contribution in [0.25, 0.3) is 5.65 Å². The summed E-state index contributed by atoms with van der Waals surface area (Å²) in [5, 5.41) is 10.6. The molecular weight excluding hydrogens is 443 g/mol. The average molecular weight is 468 g/mol. The van der Waals surface area contributed by atoms with Gasteiger partial charge in [-0.1, -0.05) is 6.07 Å². The molecule has 0 bridgehead atoms. The van der Waals surface area contributed by atoms with E-state index in [2.05, 4.69) is 49.3 Å². The van der Waals surface area contributed by atoms with E-state index in [1.54, 1.807) is 4.68 Å². The number of aryl methyl sites for hydroxylation is 2. The standard InChI is InChI=1S/C17H24N8.HI/c1-4-18-17(20-10-15-21-12-22-24(15)3)19-8-7-14-11-25-9-5-6-13(2)16(25)23-14;/h5-6,9,11-12H,4,7-8,10H2,1-3H3,(H2,18,19,20);1H. The van der Waals surface area contributed by atoms with E-state index in [-0.39, 0.29) is 24.0 Å². The maximum atomic E-state index is 4.69. The van der Waals surface area contributed by atoms with E-state index in [9.17, 15) is 0 Å². The van der Waals surface area contributed by atoms with Crippen molar-refractivity contribution in [1.82, 2.24) is 34.8 Å². The van der Waals surface area contributed by atoms with E-state index >= 15 is 0 Å². The molecule has 0 aromatic carbocycles. The minimum absolute atomic E-state index is 0. The largest absolute Gasteiger partial charge is 0.357 e. The summed E-state index contributed by atoms with van der Waals surface area (Å²) < 4.78 is 3.80. The van der Waals surface area contributed by atoms with Crippen molar-refractivity contribution in [3.8, 4) is 0 Å². The van der Waals surface area contributed by atoms with Gasteiger partial charge in [0.15, 0.2) is 5.96 Å². The highest BCUT2D eigenvalue weighted by atomic mass is 127. The van der Waals surface area contributed by atoms with Crippen LogP contribution in [-0.4, -0.2) is 43.2 Å². The molecule has 3 aromatic rings. The number of rotatable bonds is 6. The highest BCUT2D eigenvalue weighted by Gasteiger charge is 2.05. The molecule has 0 saturated carbocycles. The average Bonchev–Trinajstić information content (AvgIpc) is 3.19. The summed E-state index contributed by atoms with van der Waals surface area (Å²) in [6.07, 6.45) is 6.47. The predicted octanol–water partition coefficient (Wildman–Crippen LogP) is 1.69. The van der Waals surface area contributed by atoms with Crippen molar-refractivity contribution in [2.24, 2.45) is 12.0 Å². The number of nitrogens with one attached hydrogen (secondary N) is 2. The third-order valence-corrected chi connectivity index (χ3v) is 3.93. The van der Waals surface area contributed by atoms with Crippen LogP contribution in [0.2, 0.25) is 0 Å². The number of imidazole rings is 1. The molecule has 0 spiro atoms. The van der Waals surface area contributed by atoms with E-state index < -0.39 is 0 Å². The third kappa shape index (κ3) is 4.93. The second-order valence-corrected chi connectivity index (χ2v) is 5.83. The zero-order valence-electron chi connectivity index (χ0n) is 15.3. The smallest absolute Gasteiger partial charge is 0.191 e. The van der Waals surface area contributed by atoms with Gasteiger partial charge in [-0.25, -0.2) is 15.0 Å². The lowest BCUT2D eigenvalue weighted by molar-refractivity contribution is 0.697. The first-order chi connectivity index (χ1) is 12.2. The van der Waals surface area contributed by atoms with Gasteiger partial charge in [-0.2, -0.15) is 5.10 Å². The molecule has 3 aromatic heterocycles. The van der Waals surface area contributed by atoms with E-state index in [0.29, 0.717) is 6.54 Å². The molecule has 9 heteroatoms. The number of guanidine groups is 1. The van der Waals surface area contributed by atoms with Crippen LogP contribution in [0.4, 0.5) is 0 Å². The molecule has 0 radical (unpaired) electrons. The molecule has 0 saturated heterocycles. The number of pyridine rings is 1. The van der Waals surface area contributed by atoms with Crippen molar-refractivity contribution in [1.29, 1.82) is 0 Å². The Morgan fingerprint density at radius 2 is 2.15 bits per heavy atom. The van der Waals surface area contributed by atoms with Crippen molar-refractivity contribution in [2.75, 3.05) is 13.1 Å². The Bertz CT molecular complexity index is 867. The van der Waals surface area contributed by atoms with Crippen LogP contribution in [0.3, 0.4) is 0 Å². The summed E-state index contributed by atoms with van der Waals surface area (Å²) in [5.41, 5.74) is 3.26. The number of hydrogen-bond acceptors (Lipinski definition) is 4. The molecule has 26 heavy (non-hydrogen) atoms. The first kappa shape index (κ1) is 20.1. The summed E-state index contributed by atoms with van der Waals surface area (Å²) in [7, 11) is 1.86. The number of halogens is 1. The molecule has 0 amide bonds. The minimum Gasteiger partial charge on any atom is -0.357 e. The van der Waals surface area contributed by atoms with Gasteiger partial charge >= 0.3 is 0 Å². The van der Waals surface area contributed by atoms with Gasteiger partial charge < -0.3 is 15.0 Å². The first-order valence-corrected chi connectivity index (χ1v) is 8.45. The van der Waals surface area contributed by atoms with Gasteiger partial charge in [-0.3, -0.25) is 4.68 Å². The summed E-state index contributed by atoms with van der Waals surface area (Å²) >= 11 is 0. The topological polar surface area (TPSA) is 84.4 Å². The molecule has 0 aliphatic rings. The lowest BCUT2D eigenvalue weighted by Crippen LogP contribution is -2.38. The molecule has 0 aliphatic carbocycles. The molecule has 0 fully saturated rings. The highest BCUT2D eigenvalue weighted by Crippen LogP contribution is 2.09. The summed E-state index contributed by atoms with van der Waals surface area (Å²) in [5.74, 6) is 1.60. The van der Waals surface area contributed by atoms with Crippen LogP contribution < -0.4 is 10.6 Å². The zero-order valence-corrected chi connectivity index (χ0v) is 17.6. The van der Waals surface area contributed by atoms with Gasteiger partial charge in [0.2, 0.25) is 0 Å². The Morgan fingerprint density at radius 1 is 1.31 bits per heavy atom. The van der Waals surface area contributed by atoms with Crippen LogP contribution in [0, 0.1) is 6.92 Å². The molecular formula is C17H25IN8. The fourth-order valence-electron chi connectivity index (χ4n) is 2.59. The molecule has 3 rings (SSSR count). The Hall–Kier alpha value is -2.17. The quantitative estimate of drug-likeness (QED) is 0.327. The second kappa shape index (κ2) is 9.51. The Balaban J connectivity index is 0.00000243. The normalized spacial score (nSPS) is 11.4. The molecule has 8 nitrogen and oxygen atoms in total. The summed E-state index contributed by atoms with van der Waals surface area (Å²) in [6.45, 7) is 6.17. The van der Waals surface area contributed by atoms with Gasteiger partial charge in [0.05, 0.1) is 5.69 Å². The number of fused-ring (bicyclic) bond motifs is 1. The number of nitrogens with zero attached hydrogens (tertiary/aromatic N) is 6. The molecule has 0 atom stereocenters. The molecule has 0 unspecified atom stereocenters. The van der Waals surface area contributed by atoms with Crippen LogP contribution in [0.15, 0.2) is 35.8 Å². The predicted molar refractivity (Wildman–Crippen MR) is 113 cm³/mol. The van der Waals surface area contributed by atoms with Gasteiger partial charge in [0.25, 0.3) is 0 Å². The van der Waals surface area contributed by atoms with E-state index in [1.807, 2.05) is 26.2 Å². The van der Waals surface area contributed by atoms with Crippen LogP contribution in [-0.2, 0) is 20.0 Å². The molecule has 3 heterocycles. The zero-order chi connectivity index (χ0) is 17.6. The lowest BCUT2D eigenvalue weighted by atomic mass is 10.3. The Morgan fingerprint density at radius 3 is 2.85 bits per heavy atom. The van der Waals surface area contributed by atoms with Gasteiger partial charge in [0, 0.05) is 39.0 Å². The van der Waals surface area contributed by atoms with Gasteiger partial charge in [0.1, 0.15) is 24.3 Å². The SMILES string of the molecule is CCNC(=NCc1ncnn1C)NCCc1cn2cccc(C)c2n1.I. The maximum Gasteiger partial charge on any atom is 0.191 e. The fraction of sp³-hybridized carbons (Fsp3) is 0.412. The van der Waals surface area contributed by atoms with E-state index in [1.165, 1.54) is 11.9 Å². The Labute approximate surface area is 170 Å². The van der Waals surface area contributed by atoms with Crippen molar-refractivity contribution in [2.45, 2.75) is 26.8 Å². The van der Waals surface area contributed by atoms with E-state index in [0.717, 1.165) is 42.6 Å². The van der Waals surface area contributed by atoms with E-state index in [4.69, 9.17) is 4.98 Å². The van der Waals surface area contributed by atoms with Crippen molar-refractivity contribution >= 4 is 35.6 Å². The Kier molecular flexibility index (Phi) is 7.37. The summed E-state index contributed by atoms with van der Waals surface area (Å²) in [6, 6.07) is 4.11. The van der Waals surface area contributed by atoms with Crippen molar-refractivity contribution in [3.05, 3.63) is 47.9 Å². The minimum atomic E-state index is 0. The molecule has 140 valence electrons. The fourth-order valence-corrected chi connectivity index (χ4v) is 2.59. The van der Waals surface area contributed by atoms with Crippen molar-refractivity contribution in [3.63, 3.8) is 0 Å². The maximum absolute atomic E-state index is 4.69. The molecule has 0 aliphatic heterocycles. The number of aliphatic imine (C=N–C) groups is 1. The molecule has 2 N–H and O–H groups in total. The van der Waals surface area contributed by atoms with Crippen LogP contribution in [0.1, 0.15) is 24.0 Å². The van der Waals surface area contributed by atoms with Crippen LogP contribution >= 0.6 is 24.0 Å². The van der Waals surface area contributed by atoms with Gasteiger partial charge in [-0.05, 0) is 25.5 Å². The summed E-state index contributed by atoms with van der Waals surface area (Å²) in [4.78, 5) is 13.4. The van der Waals surface area contributed by atoms with Gasteiger partial charge in [-0.15, -0.1) is 24.0 Å². The second-order valence-electron chi connectivity index (χ2n) is 5.83. The van der Waals surface area contributed by atoms with Crippen LogP contribution in [0.5, 0.6) is 0 Å². The lowest BCUT2D eigenvalue weighted by Gasteiger charge is -2.10. The highest BCUT2D eigenvalue weighted by molar-refractivity contribution is 14.0. The first-order valence-electron chi connectivity index (χ1n) is 8.45. The third-order valence-electron chi connectivity index (χ3n) is 3.93.